The van der Waals surface area contributed by atoms with Crippen LogP contribution in [0.25, 0.3) is 0 Å². The average Bonchev–Trinajstić information content (AvgIpc) is 2.43. The zero-order chi connectivity index (χ0) is 15.3. The Bertz CT molecular complexity index is 434. The fourth-order valence-electron chi connectivity index (χ4n) is 2.74. The normalized spacial score (nSPS) is 16.2. The highest BCUT2D eigenvalue weighted by Crippen LogP contribution is 2.29. The van der Waals surface area contributed by atoms with Crippen molar-refractivity contribution in [2.24, 2.45) is 0 Å². The summed E-state index contributed by atoms with van der Waals surface area (Å²) < 4.78 is 0. The first kappa shape index (κ1) is 17.8. The van der Waals surface area contributed by atoms with Gasteiger partial charge in [0.2, 0.25) is 0 Å². The van der Waals surface area contributed by atoms with E-state index in [0.717, 1.165) is 25.1 Å². The van der Waals surface area contributed by atoms with Crippen LogP contribution in [0, 0.1) is 0 Å². The average molecular weight is 318 g/mol. The summed E-state index contributed by atoms with van der Waals surface area (Å²) >= 11 is 12.2. The summed E-state index contributed by atoms with van der Waals surface area (Å²) in [5, 5.41) is 12.0. The molecule has 0 heterocycles. The molecule has 0 aliphatic rings. The lowest BCUT2D eigenvalue weighted by molar-refractivity contribution is -0.0190. The van der Waals surface area contributed by atoms with Crippen LogP contribution >= 0.6 is 23.2 Å². The van der Waals surface area contributed by atoms with E-state index in [1.54, 1.807) is 12.1 Å². The summed E-state index contributed by atoms with van der Waals surface area (Å²) in [5.74, 6) is 0. The summed E-state index contributed by atoms with van der Waals surface area (Å²) in [6.45, 7) is 10.3. The van der Waals surface area contributed by atoms with Crippen LogP contribution in [0.2, 0.25) is 10.0 Å². The molecule has 0 amide bonds. The van der Waals surface area contributed by atoms with E-state index in [9.17, 15) is 5.11 Å². The van der Waals surface area contributed by atoms with Gasteiger partial charge in [-0.1, -0.05) is 44.0 Å². The molecule has 0 saturated carbocycles. The minimum atomic E-state index is -0.483. The smallest absolute Gasteiger partial charge is 0.0761 e. The molecule has 2 unspecified atom stereocenters. The van der Waals surface area contributed by atoms with E-state index >= 15 is 0 Å². The Morgan fingerprint density at radius 3 is 2.30 bits per heavy atom. The molecule has 0 aliphatic carbocycles. The van der Waals surface area contributed by atoms with Gasteiger partial charge in [0.05, 0.1) is 6.10 Å². The third-order valence-electron chi connectivity index (χ3n) is 4.34. The molecule has 2 atom stereocenters. The summed E-state index contributed by atoms with van der Waals surface area (Å²) in [6.07, 6.45) is 0.914. The summed E-state index contributed by atoms with van der Waals surface area (Å²) in [6, 6.07) is 5.39. The fraction of sp³-hybridized carbons (Fsp3) is 0.625. The second kappa shape index (κ2) is 7.65. The molecular formula is C16H25Cl2NO. The Morgan fingerprint density at radius 2 is 1.80 bits per heavy atom. The van der Waals surface area contributed by atoms with Crippen molar-refractivity contribution in [3.8, 4) is 0 Å². The van der Waals surface area contributed by atoms with Crippen LogP contribution in [0.15, 0.2) is 18.2 Å². The minimum Gasteiger partial charge on any atom is -0.391 e. The Labute approximate surface area is 132 Å². The predicted octanol–water partition coefficient (Wildman–Crippen LogP) is 4.41. The Morgan fingerprint density at radius 1 is 1.20 bits per heavy atom. The van der Waals surface area contributed by atoms with Crippen molar-refractivity contribution >= 4 is 23.2 Å². The SMILES string of the molecule is CCN(CC)C(C)(CC)C(O)Cc1cc(Cl)ccc1Cl. The van der Waals surface area contributed by atoms with Crippen LogP contribution in [0.1, 0.15) is 39.7 Å². The van der Waals surface area contributed by atoms with Gasteiger partial charge in [-0.3, -0.25) is 4.90 Å². The molecule has 20 heavy (non-hydrogen) atoms. The molecule has 0 fully saturated rings. The summed E-state index contributed by atoms with van der Waals surface area (Å²) in [5.41, 5.74) is 0.647. The van der Waals surface area contributed by atoms with E-state index in [0.29, 0.717) is 16.5 Å². The Balaban J connectivity index is 2.97. The number of aliphatic hydroxyl groups is 1. The molecule has 2 nitrogen and oxygen atoms in total. The zero-order valence-electron chi connectivity index (χ0n) is 12.8. The van der Waals surface area contributed by atoms with Gasteiger partial charge in [-0.15, -0.1) is 0 Å². The van der Waals surface area contributed by atoms with Crippen molar-refractivity contribution in [2.75, 3.05) is 13.1 Å². The number of likely N-dealkylation sites (N-methyl/N-ethyl adjacent to an activating group) is 1. The number of nitrogens with zero attached hydrogens (tertiary/aromatic N) is 1. The first-order valence-electron chi connectivity index (χ1n) is 7.26. The maximum absolute atomic E-state index is 10.7. The molecule has 0 saturated heterocycles. The maximum Gasteiger partial charge on any atom is 0.0761 e. The zero-order valence-corrected chi connectivity index (χ0v) is 14.3. The van der Waals surface area contributed by atoms with Gasteiger partial charge < -0.3 is 5.11 Å². The van der Waals surface area contributed by atoms with Gasteiger partial charge in [0, 0.05) is 22.0 Å². The monoisotopic (exact) mass is 317 g/mol. The molecule has 0 spiro atoms. The molecule has 1 rings (SSSR count). The summed E-state index contributed by atoms with van der Waals surface area (Å²) in [7, 11) is 0. The minimum absolute atomic E-state index is 0.255. The molecular weight excluding hydrogens is 293 g/mol. The van der Waals surface area contributed by atoms with Crippen molar-refractivity contribution in [2.45, 2.75) is 52.2 Å². The van der Waals surface area contributed by atoms with E-state index in [1.807, 2.05) is 6.07 Å². The van der Waals surface area contributed by atoms with Crippen LogP contribution in [-0.2, 0) is 6.42 Å². The first-order chi connectivity index (χ1) is 9.38. The van der Waals surface area contributed by atoms with Gasteiger partial charge in [0.1, 0.15) is 0 Å². The third kappa shape index (κ3) is 3.88. The highest BCUT2D eigenvalue weighted by molar-refractivity contribution is 6.33. The lowest BCUT2D eigenvalue weighted by Gasteiger charge is -2.43. The second-order valence-electron chi connectivity index (χ2n) is 5.34. The van der Waals surface area contributed by atoms with E-state index in [2.05, 4.69) is 32.6 Å². The number of hydrogen-bond acceptors (Lipinski definition) is 2. The van der Waals surface area contributed by atoms with Crippen LogP contribution in [-0.4, -0.2) is 34.7 Å². The predicted molar refractivity (Wildman–Crippen MR) is 87.8 cm³/mol. The topological polar surface area (TPSA) is 23.5 Å². The number of halogens is 2. The second-order valence-corrected chi connectivity index (χ2v) is 6.18. The van der Waals surface area contributed by atoms with Crippen molar-refractivity contribution in [3.05, 3.63) is 33.8 Å². The molecule has 0 aliphatic heterocycles. The molecule has 0 aromatic heterocycles. The van der Waals surface area contributed by atoms with Crippen LogP contribution < -0.4 is 0 Å². The van der Waals surface area contributed by atoms with Gasteiger partial charge in [0.15, 0.2) is 0 Å². The largest absolute Gasteiger partial charge is 0.391 e. The van der Waals surface area contributed by atoms with E-state index in [1.165, 1.54) is 0 Å². The highest BCUT2D eigenvalue weighted by atomic mass is 35.5. The molecule has 1 aromatic carbocycles. The number of benzene rings is 1. The van der Waals surface area contributed by atoms with Crippen LogP contribution in [0.5, 0.6) is 0 Å². The molecule has 0 bridgehead atoms. The van der Waals surface area contributed by atoms with Crippen molar-refractivity contribution in [1.29, 1.82) is 0 Å². The van der Waals surface area contributed by atoms with Gasteiger partial charge >= 0.3 is 0 Å². The lowest BCUT2D eigenvalue weighted by Crippen LogP contribution is -2.54. The van der Waals surface area contributed by atoms with E-state index in [-0.39, 0.29) is 5.54 Å². The van der Waals surface area contributed by atoms with Gasteiger partial charge in [-0.05, 0) is 50.2 Å². The maximum atomic E-state index is 10.7. The quantitative estimate of drug-likeness (QED) is 0.805. The van der Waals surface area contributed by atoms with Gasteiger partial charge in [-0.25, -0.2) is 0 Å². The number of aliphatic hydroxyl groups excluding tert-OH is 1. The molecule has 1 aromatic rings. The first-order valence-corrected chi connectivity index (χ1v) is 8.01. The molecule has 1 N–H and O–H groups in total. The van der Waals surface area contributed by atoms with Gasteiger partial charge in [-0.2, -0.15) is 0 Å². The van der Waals surface area contributed by atoms with Crippen LogP contribution in [0.3, 0.4) is 0 Å². The van der Waals surface area contributed by atoms with E-state index < -0.39 is 6.10 Å². The highest BCUT2D eigenvalue weighted by Gasteiger charge is 2.36. The van der Waals surface area contributed by atoms with Crippen molar-refractivity contribution in [1.82, 2.24) is 4.90 Å². The van der Waals surface area contributed by atoms with Gasteiger partial charge in [0.25, 0.3) is 0 Å². The van der Waals surface area contributed by atoms with Crippen molar-refractivity contribution in [3.63, 3.8) is 0 Å². The molecule has 0 radical (unpaired) electrons. The van der Waals surface area contributed by atoms with Crippen molar-refractivity contribution < 1.29 is 5.11 Å². The standard InChI is InChI=1S/C16H25Cl2NO/c1-5-16(4,19(6-2)7-3)15(20)11-12-10-13(17)8-9-14(12)18/h8-10,15,20H,5-7,11H2,1-4H3. The van der Waals surface area contributed by atoms with Crippen LogP contribution in [0.4, 0.5) is 0 Å². The molecule has 4 heteroatoms. The molecule has 114 valence electrons. The third-order valence-corrected chi connectivity index (χ3v) is 4.94. The Kier molecular flexibility index (Phi) is 6.80. The lowest BCUT2D eigenvalue weighted by atomic mass is 9.85. The number of hydrogen-bond donors (Lipinski definition) is 1. The summed E-state index contributed by atoms with van der Waals surface area (Å²) in [4.78, 5) is 2.30. The number of rotatable bonds is 7. The fourth-order valence-corrected chi connectivity index (χ4v) is 3.13. The Hall–Kier alpha value is -0.280. The van der Waals surface area contributed by atoms with E-state index in [4.69, 9.17) is 23.2 Å².